The Bertz CT molecular complexity index is 554. The first kappa shape index (κ1) is 20.8. The molecule has 0 saturated carbocycles. The third kappa shape index (κ3) is 5.01. The van der Waals surface area contributed by atoms with E-state index in [4.69, 9.17) is 16.3 Å². The second kappa shape index (κ2) is 8.45. The van der Waals surface area contributed by atoms with Gasteiger partial charge in [-0.25, -0.2) is 4.79 Å². The maximum absolute atomic E-state index is 13.0. The molecule has 0 radical (unpaired) electrons. The first-order chi connectivity index (χ1) is 12.2. The lowest BCUT2D eigenvalue weighted by atomic mass is 9.78. The number of alkyl halides is 1. The highest BCUT2D eigenvalue weighted by Gasteiger charge is 2.45. The van der Waals surface area contributed by atoms with Gasteiger partial charge in [0, 0.05) is 51.7 Å². The van der Waals surface area contributed by atoms with Crippen molar-refractivity contribution in [1.29, 1.82) is 5.26 Å². The van der Waals surface area contributed by atoms with Crippen LogP contribution in [0.2, 0.25) is 0 Å². The normalized spacial score (nSPS) is 21.2. The first-order valence-electron chi connectivity index (χ1n) is 9.18. The molecule has 0 spiro atoms. The lowest BCUT2D eigenvalue weighted by Crippen LogP contribution is -2.56. The Hall–Kier alpha value is -1.52. The Labute approximate surface area is 160 Å². The number of piperidine rings is 1. The van der Waals surface area contributed by atoms with Gasteiger partial charge in [0.1, 0.15) is 11.0 Å². The van der Waals surface area contributed by atoms with E-state index in [1.54, 1.807) is 9.80 Å². The molecule has 0 aliphatic carbocycles. The Kier molecular flexibility index (Phi) is 6.75. The molecule has 0 atom stereocenters. The van der Waals surface area contributed by atoms with Crippen molar-refractivity contribution in [3.8, 4) is 6.07 Å². The molecule has 0 aromatic carbocycles. The predicted molar refractivity (Wildman–Crippen MR) is 98.8 cm³/mol. The molecule has 8 heteroatoms. The highest BCUT2D eigenvalue weighted by Crippen LogP contribution is 2.34. The lowest BCUT2D eigenvalue weighted by molar-refractivity contribution is -0.143. The van der Waals surface area contributed by atoms with E-state index in [-0.39, 0.29) is 12.0 Å². The van der Waals surface area contributed by atoms with Gasteiger partial charge in [-0.15, -0.1) is 11.6 Å². The summed E-state index contributed by atoms with van der Waals surface area (Å²) in [4.78, 5) is 30.8. The monoisotopic (exact) mass is 384 g/mol. The molecule has 7 nitrogen and oxygen atoms in total. The van der Waals surface area contributed by atoms with Crippen molar-refractivity contribution >= 4 is 23.6 Å². The molecule has 0 unspecified atom stereocenters. The smallest absolute Gasteiger partial charge is 0.410 e. The van der Waals surface area contributed by atoms with Crippen LogP contribution in [0.3, 0.4) is 0 Å². The van der Waals surface area contributed by atoms with Crippen molar-refractivity contribution in [3.63, 3.8) is 0 Å². The SMILES string of the molecule is CC(C)(C)OC(=O)N1CCC(C#N)(C(=O)N2CCN(CCCl)CC2)CC1. The molecule has 2 amide bonds. The second-order valence-corrected chi connectivity index (χ2v) is 8.36. The summed E-state index contributed by atoms with van der Waals surface area (Å²) in [5.74, 6) is 0.477. The van der Waals surface area contributed by atoms with Crippen molar-refractivity contribution in [2.75, 3.05) is 51.7 Å². The zero-order chi connectivity index (χ0) is 19.4. The average molecular weight is 385 g/mol. The molecule has 0 aromatic rings. The molecule has 0 N–H and O–H groups in total. The van der Waals surface area contributed by atoms with Gasteiger partial charge in [-0.05, 0) is 33.6 Å². The summed E-state index contributed by atoms with van der Waals surface area (Å²) in [7, 11) is 0. The number of hydrogen-bond donors (Lipinski definition) is 0. The molecule has 2 aliphatic rings. The number of piperazine rings is 1. The fourth-order valence-corrected chi connectivity index (χ4v) is 3.61. The molecule has 2 heterocycles. The highest BCUT2D eigenvalue weighted by atomic mass is 35.5. The Morgan fingerprint density at radius 3 is 2.12 bits per heavy atom. The summed E-state index contributed by atoms with van der Waals surface area (Å²) >= 11 is 5.77. The molecule has 2 saturated heterocycles. The number of hydrogen-bond acceptors (Lipinski definition) is 5. The van der Waals surface area contributed by atoms with Gasteiger partial charge in [0.2, 0.25) is 5.91 Å². The fourth-order valence-electron chi connectivity index (χ4n) is 3.37. The third-order valence-electron chi connectivity index (χ3n) is 4.95. The van der Waals surface area contributed by atoms with Crippen LogP contribution >= 0.6 is 11.6 Å². The van der Waals surface area contributed by atoms with Crippen molar-refractivity contribution < 1.29 is 14.3 Å². The quantitative estimate of drug-likeness (QED) is 0.694. The van der Waals surface area contributed by atoms with Crippen LogP contribution in [-0.2, 0) is 9.53 Å². The summed E-state index contributed by atoms with van der Waals surface area (Å²) < 4.78 is 5.38. The van der Waals surface area contributed by atoms with Gasteiger partial charge in [0.25, 0.3) is 0 Å². The van der Waals surface area contributed by atoms with E-state index in [0.717, 1.165) is 19.6 Å². The summed E-state index contributed by atoms with van der Waals surface area (Å²) in [5, 5.41) is 9.73. The van der Waals surface area contributed by atoms with Gasteiger partial charge in [-0.1, -0.05) is 0 Å². The minimum atomic E-state index is -1.03. The first-order valence-corrected chi connectivity index (χ1v) is 9.71. The largest absolute Gasteiger partial charge is 0.444 e. The van der Waals surface area contributed by atoms with Crippen molar-refractivity contribution in [1.82, 2.24) is 14.7 Å². The number of carbonyl (C=O) groups is 2. The molecule has 0 bridgehead atoms. The van der Waals surface area contributed by atoms with E-state index in [1.807, 2.05) is 20.8 Å². The van der Waals surface area contributed by atoms with Crippen molar-refractivity contribution in [2.45, 2.75) is 39.2 Å². The molecule has 146 valence electrons. The molecular formula is C18H29ClN4O3. The van der Waals surface area contributed by atoms with Crippen LogP contribution in [0.1, 0.15) is 33.6 Å². The zero-order valence-electron chi connectivity index (χ0n) is 16.0. The fraction of sp³-hybridized carbons (Fsp3) is 0.833. The molecule has 2 rings (SSSR count). The van der Waals surface area contributed by atoms with Crippen molar-refractivity contribution in [3.05, 3.63) is 0 Å². The number of nitriles is 1. The van der Waals surface area contributed by atoms with E-state index < -0.39 is 11.0 Å². The number of amides is 2. The van der Waals surface area contributed by atoms with Crippen LogP contribution in [0.15, 0.2) is 0 Å². The maximum atomic E-state index is 13.0. The topological polar surface area (TPSA) is 76.9 Å². The van der Waals surface area contributed by atoms with Gasteiger partial charge < -0.3 is 14.5 Å². The summed E-state index contributed by atoms with van der Waals surface area (Å²) in [5.41, 5.74) is -1.59. The van der Waals surface area contributed by atoms with E-state index in [0.29, 0.717) is 44.9 Å². The van der Waals surface area contributed by atoms with Crippen LogP contribution in [0.5, 0.6) is 0 Å². The Balaban J connectivity index is 1.93. The number of rotatable bonds is 3. The van der Waals surface area contributed by atoms with Crippen LogP contribution < -0.4 is 0 Å². The van der Waals surface area contributed by atoms with Crippen LogP contribution in [0.4, 0.5) is 4.79 Å². The number of nitrogens with zero attached hydrogens (tertiary/aromatic N) is 4. The van der Waals surface area contributed by atoms with Gasteiger partial charge in [0.15, 0.2) is 0 Å². The van der Waals surface area contributed by atoms with E-state index >= 15 is 0 Å². The van der Waals surface area contributed by atoms with E-state index in [2.05, 4.69) is 11.0 Å². The number of likely N-dealkylation sites (tertiary alicyclic amines) is 1. The van der Waals surface area contributed by atoms with Gasteiger partial charge >= 0.3 is 6.09 Å². The summed E-state index contributed by atoms with van der Waals surface area (Å²) in [6, 6.07) is 2.25. The molecular weight excluding hydrogens is 356 g/mol. The van der Waals surface area contributed by atoms with Crippen LogP contribution in [0.25, 0.3) is 0 Å². The van der Waals surface area contributed by atoms with Crippen LogP contribution in [0, 0.1) is 16.7 Å². The average Bonchev–Trinajstić information content (AvgIpc) is 2.60. The highest BCUT2D eigenvalue weighted by molar-refractivity contribution is 6.18. The summed E-state index contributed by atoms with van der Waals surface area (Å²) in [6.07, 6.45) is 0.318. The van der Waals surface area contributed by atoms with Crippen LogP contribution in [-0.4, -0.2) is 84.0 Å². The number of carbonyl (C=O) groups excluding carboxylic acids is 2. The molecule has 2 aliphatic heterocycles. The predicted octanol–water partition coefficient (Wildman–Crippen LogP) is 1.91. The van der Waals surface area contributed by atoms with Gasteiger partial charge in [-0.3, -0.25) is 9.69 Å². The van der Waals surface area contributed by atoms with E-state index in [9.17, 15) is 14.9 Å². The lowest BCUT2D eigenvalue weighted by Gasteiger charge is -2.41. The number of ether oxygens (including phenoxy) is 1. The van der Waals surface area contributed by atoms with Crippen molar-refractivity contribution in [2.24, 2.45) is 5.41 Å². The number of halogens is 1. The van der Waals surface area contributed by atoms with Gasteiger partial charge in [0.05, 0.1) is 6.07 Å². The zero-order valence-corrected chi connectivity index (χ0v) is 16.7. The molecule has 26 heavy (non-hydrogen) atoms. The minimum absolute atomic E-state index is 0.102. The third-order valence-corrected chi connectivity index (χ3v) is 5.12. The standard InChI is InChI=1S/C18H29ClN4O3/c1-17(2,3)26-16(25)23-7-4-18(14-20,5-8-23)15(24)22-12-10-21(9-6-19)11-13-22/h4-13H2,1-3H3. The molecule has 2 fully saturated rings. The maximum Gasteiger partial charge on any atom is 0.410 e. The Morgan fingerprint density at radius 1 is 1.08 bits per heavy atom. The second-order valence-electron chi connectivity index (χ2n) is 7.98. The van der Waals surface area contributed by atoms with Gasteiger partial charge in [-0.2, -0.15) is 5.26 Å². The Morgan fingerprint density at radius 2 is 1.65 bits per heavy atom. The summed E-state index contributed by atoms with van der Waals surface area (Å²) in [6.45, 7) is 9.81. The molecule has 0 aromatic heterocycles. The van der Waals surface area contributed by atoms with E-state index in [1.165, 1.54) is 0 Å². The minimum Gasteiger partial charge on any atom is -0.444 e.